The fraction of sp³-hybridized carbons (Fsp3) is 0.462. The Hall–Kier alpha value is -1.64. The molecule has 0 fully saturated rings. The fourth-order valence-corrected chi connectivity index (χ4v) is 2.61. The molecule has 0 radical (unpaired) electrons. The SMILES string of the molecule is CCNCCCNS(=O)(=O)c1ccc(OCC(=O)O)cc1. The van der Waals surface area contributed by atoms with Crippen LogP contribution in [0, 0.1) is 0 Å². The summed E-state index contributed by atoms with van der Waals surface area (Å²) in [4.78, 5) is 10.5. The van der Waals surface area contributed by atoms with E-state index in [1.807, 2.05) is 6.92 Å². The van der Waals surface area contributed by atoms with Gasteiger partial charge in [0.25, 0.3) is 0 Å². The Kier molecular flexibility index (Phi) is 7.13. The molecule has 7 nitrogen and oxygen atoms in total. The highest BCUT2D eigenvalue weighted by molar-refractivity contribution is 7.89. The number of sulfonamides is 1. The molecule has 0 saturated heterocycles. The Balaban J connectivity index is 2.52. The molecule has 21 heavy (non-hydrogen) atoms. The topological polar surface area (TPSA) is 105 Å². The molecule has 0 aliphatic heterocycles. The van der Waals surface area contributed by atoms with Gasteiger partial charge in [-0.2, -0.15) is 0 Å². The van der Waals surface area contributed by atoms with Crippen LogP contribution >= 0.6 is 0 Å². The van der Waals surface area contributed by atoms with Gasteiger partial charge in [0.1, 0.15) is 5.75 Å². The molecule has 1 rings (SSSR count). The Bertz CT molecular complexity index is 542. The summed E-state index contributed by atoms with van der Waals surface area (Å²) in [5.41, 5.74) is 0. The Morgan fingerprint density at radius 2 is 1.90 bits per heavy atom. The van der Waals surface area contributed by atoms with Gasteiger partial charge in [-0.25, -0.2) is 17.9 Å². The summed E-state index contributed by atoms with van der Waals surface area (Å²) >= 11 is 0. The molecular formula is C13H20N2O5S. The van der Waals surface area contributed by atoms with E-state index in [-0.39, 0.29) is 4.90 Å². The number of carboxylic acid groups (broad SMARTS) is 1. The average molecular weight is 316 g/mol. The quantitative estimate of drug-likeness (QED) is 0.541. The maximum atomic E-state index is 12.0. The summed E-state index contributed by atoms with van der Waals surface area (Å²) in [6.07, 6.45) is 0.701. The second-order valence-corrected chi connectivity index (χ2v) is 6.03. The lowest BCUT2D eigenvalue weighted by atomic mass is 10.3. The van der Waals surface area contributed by atoms with Gasteiger partial charge in [0, 0.05) is 6.54 Å². The van der Waals surface area contributed by atoms with E-state index in [9.17, 15) is 13.2 Å². The predicted octanol–water partition coefficient (Wildman–Crippen LogP) is 0.428. The van der Waals surface area contributed by atoms with Crippen LogP contribution in [0.4, 0.5) is 0 Å². The lowest BCUT2D eigenvalue weighted by molar-refractivity contribution is -0.139. The number of rotatable bonds is 10. The first-order valence-electron chi connectivity index (χ1n) is 6.60. The number of carbonyl (C=O) groups is 1. The first-order chi connectivity index (χ1) is 9.95. The Morgan fingerprint density at radius 3 is 2.48 bits per heavy atom. The molecule has 0 aromatic heterocycles. The van der Waals surface area contributed by atoms with Crippen molar-refractivity contribution in [3.8, 4) is 5.75 Å². The molecule has 0 saturated carbocycles. The molecule has 118 valence electrons. The maximum Gasteiger partial charge on any atom is 0.341 e. The highest BCUT2D eigenvalue weighted by Crippen LogP contribution is 2.15. The summed E-state index contributed by atoms with van der Waals surface area (Å²) in [6.45, 7) is 3.48. The molecule has 0 bridgehead atoms. The highest BCUT2D eigenvalue weighted by Gasteiger charge is 2.13. The molecule has 8 heteroatoms. The first kappa shape index (κ1) is 17.4. The van der Waals surface area contributed by atoms with Crippen molar-refractivity contribution in [1.29, 1.82) is 0 Å². The first-order valence-corrected chi connectivity index (χ1v) is 8.09. The second kappa shape index (κ2) is 8.60. The van der Waals surface area contributed by atoms with Crippen molar-refractivity contribution < 1.29 is 23.1 Å². The fourth-order valence-electron chi connectivity index (χ4n) is 1.54. The van der Waals surface area contributed by atoms with E-state index in [1.54, 1.807) is 0 Å². The van der Waals surface area contributed by atoms with Gasteiger partial charge in [-0.15, -0.1) is 0 Å². The van der Waals surface area contributed by atoms with E-state index < -0.39 is 22.6 Å². The minimum absolute atomic E-state index is 0.119. The Labute approximate surface area is 124 Å². The van der Waals surface area contributed by atoms with E-state index in [4.69, 9.17) is 9.84 Å². The van der Waals surface area contributed by atoms with Crippen LogP contribution in [-0.2, 0) is 14.8 Å². The van der Waals surface area contributed by atoms with Crippen LogP contribution in [0.5, 0.6) is 5.75 Å². The molecule has 0 heterocycles. The van der Waals surface area contributed by atoms with Crippen LogP contribution in [0.2, 0.25) is 0 Å². The Morgan fingerprint density at radius 1 is 1.24 bits per heavy atom. The van der Waals surface area contributed by atoms with E-state index >= 15 is 0 Å². The number of benzene rings is 1. The predicted molar refractivity (Wildman–Crippen MR) is 77.9 cm³/mol. The molecule has 1 aromatic rings. The lowest BCUT2D eigenvalue weighted by Gasteiger charge is -2.08. The van der Waals surface area contributed by atoms with E-state index in [1.165, 1.54) is 24.3 Å². The second-order valence-electron chi connectivity index (χ2n) is 4.26. The molecule has 0 spiro atoms. The third kappa shape index (κ3) is 6.56. The normalized spacial score (nSPS) is 11.3. The van der Waals surface area contributed by atoms with Crippen LogP contribution in [0.1, 0.15) is 13.3 Å². The van der Waals surface area contributed by atoms with Crippen LogP contribution in [0.25, 0.3) is 0 Å². The van der Waals surface area contributed by atoms with Gasteiger partial charge in [-0.3, -0.25) is 0 Å². The molecule has 0 amide bonds. The standard InChI is InChI=1S/C13H20N2O5S/c1-2-14-8-3-9-15-21(18,19)12-6-4-11(5-7-12)20-10-13(16)17/h4-7,14-15H,2-3,8-10H2,1H3,(H,16,17). The van der Waals surface area contributed by atoms with Crippen molar-refractivity contribution in [2.24, 2.45) is 0 Å². The van der Waals surface area contributed by atoms with Gasteiger partial charge in [0.15, 0.2) is 6.61 Å². The summed E-state index contributed by atoms with van der Waals surface area (Å²) < 4.78 is 31.4. The van der Waals surface area contributed by atoms with Gasteiger partial charge in [-0.1, -0.05) is 6.92 Å². The molecule has 0 aliphatic carbocycles. The summed E-state index contributed by atoms with van der Waals surface area (Å²) in [5.74, 6) is -0.780. The molecule has 0 unspecified atom stereocenters. The molecule has 3 N–H and O–H groups in total. The van der Waals surface area contributed by atoms with Gasteiger partial charge >= 0.3 is 5.97 Å². The number of hydrogen-bond donors (Lipinski definition) is 3. The van der Waals surface area contributed by atoms with E-state index in [0.717, 1.165) is 13.1 Å². The molecule has 1 aromatic carbocycles. The van der Waals surface area contributed by atoms with Gasteiger partial charge in [0.2, 0.25) is 10.0 Å². The van der Waals surface area contributed by atoms with Crippen molar-refractivity contribution in [1.82, 2.24) is 10.0 Å². The summed E-state index contributed by atoms with van der Waals surface area (Å²) in [5, 5.41) is 11.6. The molecular weight excluding hydrogens is 296 g/mol. The van der Waals surface area contributed by atoms with Crippen LogP contribution in [-0.4, -0.2) is 45.7 Å². The summed E-state index contributed by atoms with van der Waals surface area (Å²) in [6, 6.07) is 5.61. The number of nitrogens with one attached hydrogen (secondary N) is 2. The number of ether oxygens (including phenoxy) is 1. The third-order valence-corrected chi connectivity index (χ3v) is 4.05. The monoisotopic (exact) mass is 316 g/mol. The minimum atomic E-state index is -3.55. The number of aliphatic carboxylic acids is 1. The van der Waals surface area contributed by atoms with E-state index in [0.29, 0.717) is 18.7 Å². The van der Waals surface area contributed by atoms with Gasteiger partial charge in [0.05, 0.1) is 4.90 Å². The molecule has 0 aliphatic rings. The van der Waals surface area contributed by atoms with E-state index in [2.05, 4.69) is 10.0 Å². The lowest BCUT2D eigenvalue weighted by Crippen LogP contribution is -2.27. The van der Waals surface area contributed by atoms with Gasteiger partial charge in [-0.05, 0) is 43.8 Å². The van der Waals surface area contributed by atoms with Crippen molar-refractivity contribution in [2.75, 3.05) is 26.2 Å². The van der Waals surface area contributed by atoms with Crippen molar-refractivity contribution in [2.45, 2.75) is 18.2 Å². The smallest absolute Gasteiger partial charge is 0.341 e. The largest absolute Gasteiger partial charge is 0.482 e. The van der Waals surface area contributed by atoms with Crippen LogP contribution < -0.4 is 14.8 Å². The van der Waals surface area contributed by atoms with Gasteiger partial charge < -0.3 is 15.2 Å². The number of carboxylic acids is 1. The summed E-state index contributed by atoms with van der Waals surface area (Å²) in [7, 11) is -3.55. The maximum absolute atomic E-state index is 12.0. The third-order valence-electron chi connectivity index (χ3n) is 2.57. The van der Waals surface area contributed by atoms with Crippen molar-refractivity contribution in [3.63, 3.8) is 0 Å². The minimum Gasteiger partial charge on any atom is -0.482 e. The average Bonchev–Trinajstić information content (AvgIpc) is 2.45. The zero-order valence-corrected chi connectivity index (χ0v) is 12.6. The zero-order valence-electron chi connectivity index (χ0n) is 11.8. The van der Waals surface area contributed by atoms with Crippen molar-refractivity contribution >= 4 is 16.0 Å². The zero-order chi connectivity index (χ0) is 15.7. The van der Waals surface area contributed by atoms with Crippen molar-refractivity contribution in [3.05, 3.63) is 24.3 Å². The highest BCUT2D eigenvalue weighted by atomic mass is 32.2. The van der Waals surface area contributed by atoms with Crippen LogP contribution in [0.3, 0.4) is 0 Å². The molecule has 0 atom stereocenters. The van der Waals surface area contributed by atoms with Crippen LogP contribution in [0.15, 0.2) is 29.2 Å². The number of hydrogen-bond acceptors (Lipinski definition) is 5.